The molecule has 0 aromatic heterocycles. The third-order valence-electron chi connectivity index (χ3n) is 2.82. The van der Waals surface area contributed by atoms with Crippen LogP contribution < -0.4 is 0 Å². The van der Waals surface area contributed by atoms with E-state index in [2.05, 4.69) is 34.3 Å². The molecule has 90 valence electrons. The maximum absolute atomic E-state index is 5.88. The number of unbranched alkanes of at least 4 members (excludes halogenated alkanes) is 1. The summed E-state index contributed by atoms with van der Waals surface area (Å²) in [6.45, 7) is 13.6. The van der Waals surface area contributed by atoms with E-state index >= 15 is 0 Å². The van der Waals surface area contributed by atoms with Gasteiger partial charge in [-0.1, -0.05) is 46.1 Å². The minimum absolute atomic E-state index is 0.107. The van der Waals surface area contributed by atoms with Gasteiger partial charge >= 0.3 is 0 Å². The Labute approximate surface area is 95.9 Å². The van der Waals surface area contributed by atoms with E-state index in [-0.39, 0.29) is 5.60 Å². The molecule has 0 aliphatic heterocycles. The third kappa shape index (κ3) is 7.61. The molecule has 1 unspecified atom stereocenters. The lowest BCUT2D eigenvalue weighted by Crippen LogP contribution is -2.26. The van der Waals surface area contributed by atoms with E-state index in [0.29, 0.717) is 0 Å². The second-order valence-corrected chi connectivity index (χ2v) is 5.00. The molecule has 0 radical (unpaired) electrons. The maximum Gasteiger partial charge on any atom is 0.0831 e. The molecule has 0 aliphatic rings. The summed E-state index contributed by atoms with van der Waals surface area (Å²) in [5.41, 5.74) is -0.107. The van der Waals surface area contributed by atoms with E-state index in [1.165, 1.54) is 19.3 Å². The summed E-state index contributed by atoms with van der Waals surface area (Å²) in [5.74, 6) is 0.787. The highest BCUT2D eigenvalue weighted by Crippen LogP contribution is 2.22. The summed E-state index contributed by atoms with van der Waals surface area (Å²) in [4.78, 5) is 0. The fourth-order valence-corrected chi connectivity index (χ4v) is 1.54. The van der Waals surface area contributed by atoms with Gasteiger partial charge in [-0.25, -0.2) is 0 Å². The Bertz CT molecular complexity index is 163. The first-order valence-electron chi connectivity index (χ1n) is 6.31. The molecule has 0 fully saturated rings. The summed E-state index contributed by atoms with van der Waals surface area (Å²) in [6, 6.07) is 0. The second kappa shape index (κ2) is 7.92. The van der Waals surface area contributed by atoms with Crippen LogP contribution in [0.25, 0.3) is 0 Å². The molecule has 0 N–H and O–H groups in total. The number of ether oxygens (including phenoxy) is 1. The first-order chi connectivity index (χ1) is 7.04. The standard InChI is InChI=1S/C14H28O/c1-6-8-12-15-14(5,7-2)11-9-10-13(3)4/h7,13H,2,6,8-12H2,1,3-5H3. The molecule has 0 saturated carbocycles. The molecular weight excluding hydrogens is 184 g/mol. The highest BCUT2D eigenvalue weighted by atomic mass is 16.5. The van der Waals surface area contributed by atoms with Gasteiger partial charge in [0.25, 0.3) is 0 Å². The van der Waals surface area contributed by atoms with Crippen LogP contribution >= 0.6 is 0 Å². The number of hydrogen-bond donors (Lipinski definition) is 0. The quantitative estimate of drug-likeness (QED) is 0.402. The summed E-state index contributed by atoms with van der Waals surface area (Å²) in [7, 11) is 0. The molecule has 1 atom stereocenters. The van der Waals surface area contributed by atoms with Gasteiger partial charge in [0, 0.05) is 6.61 Å². The summed E-state index contributed by atoms with van der Waals surface area (Å²) < 4.78 is 5.88. The molecule has 0 amide bonds. The van der Waals surface area contributed by atoms with Crippen LogP contribution in [0.3, 0.4) is 0 Å². The Balaban J connectivity index is 3.80. The molecule has 1 heteroatoms. The normalized spacial score (nSPS) is 15.3. The first-order valence-corrected chi connectivity index (χ1v) is 6.31. The lowest BCUT2D eigenvalue weighted by Gasteiger charge is -2.26. The number of rotatable bonds is 9. The van der Waals surface area contributed by atoms with Gasteiger partial charge in [-0.05, 0) is 25.7 Å². The molecule has 0 aliphatic carbocycles. The summed E-state index contributed by atoms with van der Waals surface area (Å²) in [6.07, 6.45) is 7.90. The van der Waals surface area contributed by atoms with Crippen molar-refractivity contribution in [3.8, 4) is 0 Å². The molecule has 15 heavy (non-hydrogen) atoms. The lowest BCUT2D eigenvalue weighted by atomic mass is 9.96. The maximum atomic E-state index is 5.88. The van der Waals surface area contributed by atoms with Crippen LogP contribution in [-0.2, 0) is 4.74 Å². The minimum Gasteiger partial charge on any atom is -0.371 e. The molecule has 0 aromatic rings. The van der Waals surface area contributed by atoms with E-state index in [9.17, 15) is 0 Å². The van der Waals surface area contributed by atoms with E-state index in [1.807, 2.05) is 6.08 Å². The predicted octanol–water partition coefficient (Wildman–Crippen LogP) is 4.57. The van der Waals surface area contributed by atoms with Gasteiger partial charge in [0.15, 0.2) is 0 Å². The van der Waals surface area contributed by atoms with Crippen molar-refractivity contribution in [3.63, 3.8) is 0 Å². The van der Waals surface area contributed by atoms with Gasteiger partial charge < -0.3 is 4.74 Å². The van der Waals surface area contributed by atoms with Crippen LogP contribution in [0, 0.1) is 5.92 Å². The van der Waals surface area contributed by atoms with Gasteiger partial charge in [-0.3, -0.25) is 0 Å². The van der Waals surface area contributed by atoms with Crippen molar-refractivity contribution in [3.05, 3.63) is 12.7 Å². The topological polar surface area (TPSA) is 9.23 Å². The van der Waals surface area contributed by atoms with Crippen molar-refractivity contribution < 1.29 is 4.74 Å². The van der Waals surface area contributed by atoms with Crippen molar-refractivity contribution in [2.75, 3.05) is 6.61 Å². The second-order valence-electron chi connectivity index (χ2n) is 5.00. The SMILES string of the molecule is C=CC(C)(CCCC(C)C)OCCCC. The molecule has 0 saturated heterocycles. The molecule has 0 aromatic carbocycles. The van der Waals surface area contributed by atoms with Gasteiger partial charge in [-0.2, -0.15) is 0 Å². The third-order valence-corrected chi connectivity index (χ3v) is 2.82. The molecular formula is C14H28O. The average Bonchev–Trinajstić information content (AvgIpc) is 2.18. The van der Waals surface area contributed by atoms with E-state index in [0.717, 1.165) is 25.4 Å². The van der Waals surface area contributed by atoms with Crippen molar-refractivity contribution >= 4 is 0 Å². The highest BCUT2D eigenvalue weighted by Gasteiger charge is 2.19. The van der Waals surface area contributed by atoms with Gasteiger partial charge in [0.1, 0.15) is 0 Å². The summed E-state index contributed by atoms with van der Waals surface area (Å²) >= 11 is 0. The van der Waals surface area contributed by atoms with Gasteiger partial charge in [0.05, 0.1) is 5.60 Å². The van der Waals surface area contributed by atoms with Crippen LogP contribution in [0.5, 0.6) is 0 Å². The number of hydrogen-bond acceptors (Lipinski definition) is 1. The average molecular weight is 212 g/mol. The first kappa shape index (κ1) is 14.7. The van der Waals surface area contributed by atoms with Crippen LogP contribution in [0.15, 0.2) is 12.7 Å². The van der Waals surface area contributed by atoms with Gasteiger partial charge in [-0.15, -0.1) is 6.58 Å². The molecule has 0 heterocycles. The fourth-order valence-electron chi connectivity index (χ4n) is 1.54. The van der Waals surface area contributed by atoms with Crippen LogP contribution in [0.2, 0.25) is 0 Å². The van der Waals surface area contributed by atoms with Crippen molar-refractivity contribution in [1.29, 1.82) is 0 Å². The Morgan fingerprint density at radius 2 is 2.00 bits per heavy atom. The summed E-state index contributed by atoms with van der Waals surface area (Å²) in [5, 5.41) is 0. The smallest absolute Gasteiger partial charge is 0.0831 e. The Kier molecular flexibility index (Phi) is 7.76. The lowest BCUT2D eigenvalue weighted by molar-refractivity contribution is -0.00377. The molecule has 1 nitrogen and oxygen atoms in total. The zero-order valence-electron chi connectivity index (χ0n) is 11.0. The van der Waals surface area contributed by atoms with Crippen LogP contribution in [0.1, 0.15) is 59.8 Å². The molecule has 0 rings (SSSR count). The zero-order valence-corrected chi connectivity index (χ0v) is 11.0. The monoisotopic (exact) mass is 212 g/mol. The Hall–Kier alpha value is -0.300. The van der Waals surface area contributed by atoms with Crippen molar-refractivity contribution in [2.24, 2.45) is 5.92 Å². The minimum atomic E-state index is -0.107. The Morgan fingerprint density at radius 1 is 1.33 bits per heavy atom. The van der Waals surface area contributed by atoms with E-state index in [4.69, 9.17) is 4.74 Å². The van der Waals surface area contributed by atoms with Crippen LogP contribution in [0.4, 0.5) is 0 Å². The predicted molar refractivity (Wildman–Crippen MR) is 68.2 cm³/mol. The van der Waals surface area contributed by atoms with Crippen LogP contribution in [-0.4, -0.2) is 12.2 Å². The van der Waals surface area contributed by atoms with Crippen molar-refractivity contribution in [1.82, 2.24) is 0 Å². The Morgan fingerprint density at radius 3 is 2.47 bits per heavy atom. The fraction of sp³-hybridized carbons (Fsp3) is 0.857. The largest absolute Gasteiger partial charge is 0.371 e. The van der Waals surface area contributed by atoms with E-state index < -0.39 is 0 Å². The highest BCUT2D eigenvalue weighted by molar-refractivity contribution is 4.93. The zero-order chi connectivity index (χ0) is 11.7. The van der Waals surface area contributed by atoms with E-state index in [1.54, 1.807) is 0 Å². The molecule has 0 bridgehead atoms. The molecule has 0 spiro atoms. The van der Waals surface area contributed by atoms with Gasteiger partial charge in [0.2, 0.25) is 0 Å². The van der Waals surface area contributed by atoms with Crippen molar-refractivity contribution in [2.45, 2.75) is 65.4 Å².